The highest BCUT2D eigenvalue weighted by atomic mass is 16.5. The Morgan fingerprint density at radius 1 is 1.41 bits per heavy atom. The quantitative estimate of drug-likeness (QED) is 0.869. The molecule has 2 rings (SSSR count). The summed E-state index contributed by atoms with van der Waals surface area (Å²) in [5.74, 6) is 0.998. The van der Waals surface area contributed by atoms with E-state index in [0.717, 1.165) is 12.2 Å². The third-order valence-electron chi connectivity index (χ3n) is 3.79. The largest absolute Gasteiger partial charge is 0.497 e. The summed E-state index contributed by atoms with van der Waals surface area (Å²) in [5.41, 5.74) is 1.10. The van der Waals surface area contributed by atoms with E-state index in [1.807, 2.05) is 12.1 Å². The van der Waals surface area contributed by atoms with E-state index in [1.165, 1.54) is 5.56 Å². The van der Waals surface area contributed by atoms with Crippen molar-refractivity contribution in [2.24, 2.45) is 0 Å². The fraction of sp³-hybridized carbons (Fsp3) is 0.500. The number of hydrogen-bond donors (Lipinski definition) is 1. The maximum Gasteiger partial charge on any atom is 0.221 e. The normalized spacial score (nSPS) is 27.9. The third kappa shape index (κ3) is 2.02. The maximum atomic E-state index is 11.6. The molecule has 2 atom stereocenters. The molecule has 1 aliphatic heterocycles. The summed E-state index contributed by atoms with van der Waals surface area (Å²) in [6.07, 6.45) is 1.52. The highest BCUT2D eigenvalue weighted by Crippen LogP contribution is 2.37. The van der Waals surface area contributed by atoms with Gasteiger partial charge in [0, 0.05) is 17.9 Å². The summed E-state index contributed by atoms with van der Waals surface area (Å²) in [6.45, 7) is 4.26. The first kappa shape index (κ1) is 12.0. The standard InChI is InChI=1S/C14H19NO2/c1-4-12-14(2,9-13(16)15-12)10-5-7-11(17-3)8-6-10/h5-8,12H,4,9H2,1-3H3,(H,15,16). The molecule has 0 radical (unpaired) electrons. The van der Waals surface area contributed by atoms with E-state index in [-0.39, 0.29) is 17.4 Å². The van der Waals surface area contributed by atoms with Gasteiger partial charge in [0.05, 0.1) is 7.11 Å². The van der Waals surface area contributed by atoms with Gasteiger partial charge in [0.15, 0.2) is 0 Å². The van der Waals surface area contributed by atoms with Gasteiger partial charge in [0.1, 0.15) is 5.75 Å². The van der Waals surface area contributed by atoms with Gasteiger partial charge in [-0.1, -0.05) is 26.0 Å². The van der Waals surface area contributed by atoms with Crippen LogP contribution in [-0.2, 0) is 10.2 Å². The van der Waals surface area contributed by atoms with Crippen LogP contribution in [0.4, 0.5) is 0 Å². The average Bonchev–Trinajstić information content (AvgIpc) is 2.65. The second-order valence-electron chi connectivity index (χ2n) is 4.85. The number of ether oxygens (including phenoxy) is 1. The molecular formula is C14H19NO2. The first-order valence-electron chi connectivity index (χ1n) is 6.04. The van der Waals surface area contributed by atoms with Crippen LogP contribution >= 0.6 is 0 Å². The molecule has 1 heterocycles. The lowest BCUT2D eigenvalue weighted by Gasteiger charge is -2.30. The van der Waals surface area contributed by atoms with E-state index >= 15 is 0 Å². The van der Waals surface area contributed by atoms with Crippen LogP contribution in [0.5, 0.6) is 5.75 Å². The Kier molecular flexibility index (Phi) is 3.09. The Morgan fingerprint density at radius 2 is 2.06 bits per heavy atom. The zero-order valence-corrected chi connectivity index (χ0v) is 10.6. The number of hydrogen-bond acceptors (Lipinski definition) is 2. The van der Waals surface area contributed by atoms with Crippen molar-refractivity contribution >= 4 is 5.91 Å². The molecule has 0 aliphatic carbocycles. The first-order chi connectivity index (χ1) is 8.10. The van der Waals surface area contributed by atoms with Gasteiger partial charge in [-0.15, -0.1) is 0 Å². The number of amides is 1. The van der Waals surface area contributed by atoms with E-state index < -0.39 is 0 Å². The van der Waals surface area contributed by atoms with Crippen LogP contribution < -0.4 is 10.1 Å². The molecule has 1 aromatic carbocycles. The van der Waals surface area contributed by atoms with Crippen molar-refractivity contribution in [3.05, 3.63) is 29.8 Å². The predicted molar refractivity (Wildman–Crippen MR) is 67.2 cm³/mol. The van der Waals surface area contributed by atoms with Crippen molar-refractivity contribution in [2.45, 2.75) is 38.1 Å². The minimum Gasteiger partial charge on any atom is -0.497 e. The second kappa shape index (κ2) is 4.40. The molecule has 0 spiro atoms. The van der Waals surface area contributed by atoms with E-state index in [2.05, 4.69) is 31.3 Å². The molecule has 0 bridgehead atoms. The molecular weight excluding hydrogens is 214 g/mol. The van der Waals surface area contributed by atoms with Crippen molar-refractivity contribution < 1.29 is 9.53 Å². The van der Waals surface area contributed by atoms with Gasteiger partial charge in [0.2, 0.25) is 5.91 Å². The fourth-order valence-electron chi connectivity index (χ4n) is 2.69. The van der Waals surface area contributed by atoms with Crippen molar-refractivity contribution in [1.29, 1.82) is 0 Å². The van der Waals surface area contributed by atoms with E-state index in [4.69, 9.17) is 4.74 Å². The number of nitrogens with one attached hydrogen (secondary N) is 1. The van der Waals surface area contributed by atoms with Crippen LogP contribution in [0, 0.1) is 0 Å². The summed E-state index contributed by atoms with van der Waals surface area (Å²) >= 11 is 0. The Balaban J connectivity index is 2.32. The smallest absolute Gasteiger partial charge is 0.221 e. The minimum atomic E-state index is -0.0991. The summed E-state index contributed by atoms with van der Waals surface area (Å²) in [5, 5.41) is 3.05. The summed E-state index contributed by atoms with van der Waals surface area (Å²) in [7, 11) is 1.66. The van der Waals surface area contributed by atoms with Crippen LogP contribution in [0.1, 0.15) is 32.3 Å². The Labute approximate surface area is 102 Å². The van der Waals surface area contributed by atoms with Gasteiger partial charge >= 0.3 is 0 Å². The molecule has 1 saturated heterocycles. The van der Waals surface area contributed by atoms with E-state index in [9.17, 15) is 4.79 Å². The Hall–Kier alpha value is -1.51. The summed E-state index contributed by atoms with van der Waals surface area (Å²) in [4.78, 5) is 11.6. The molecule has 3 heteroatoms. The fourth-order valence-corrected chi connectivity index (χ4v) is 2.69. The number of rotatable bonds is 3. The molecule has 0 saturated carbocycles. The molecule has 1 aliphatic rings. The Bertz CT molecular complexity index is 413. The Morgan fingerprint density at radius 3 is 2.59 bits per heavy atom. The van der Waals surface area contributed by atoms with Crippen LogP contribution in [0.3, 0.4) is 0 Å². The molecule has 92 valence electrons. The topological polar surface area (TPSA) is 38.3 Å². The maximum absolute atomic E-state index is 11.6. The molecule has 17 heavy (non-hydrogen) atoms. The molecule has 1 aromatic rings. The molecule has 1 N–H and O–H groups in total. The molecule has 0 aromatic heterocycles. The van der Waals surface area contributed by atoms with Crippen LogP contribution in [0.15, 0.2) is 24.3 Å². The average molecular weight is 233 g/mol. The summed E-state index contributed by atoms with van der Waals surface area (Å²) < 4.78 is 5.16. The lowest BCUT2D eigenvalue weighted by atomic mass is 9.75. The van der Waals surface area contributed by atoms with Crippen molar-refractivity contribution in [3.63, 3.8) is 0 Å². The predicted octanol–water partition coefficient (Wildman–Crippen LogP) is 2.25. The zero-order valence-electron chi connectivity index (χ0n) is 10.6. The monoisotopic (exact) mass is 233 g/mol. The van der Waals surface area contributed by atoms with Crippen molar-refractivity contribution in [1.82, 2.24) is 5.32 Å². The van der Waals surface area contributed by atoms with Crippen molar-refractivity contribution in [2.75, 3.05) is 7.11 Å². The highest BCUT2D eigenvalue weighted by molar-refractivity contribution is 5.81. The second-order valence-corrected chi connectivity index (χ2v) is 4.85. The lowest BCUT2D eigenvalue weighted by molar-refractivity contribution is -0.119. The van der Waals surface area contributed by atoms with Gasteiger partial charge in [-0.3, -0.25) is 4.79 Å². The van der Waals surface area contributed by atoms with E-state index in [1.54, 1.807) is 7.11 Å². The van der Waals surface area contributed by atoms with Gasteiger partial charge in [-0.05, 0) is 24.1 Å². The van der Waals surface area contributed by atoms with Crippen LogP contribution in [0.2, 0.25) is 0 Å². The molecule has 3 nitrogen and oxygen atoms in total. The number of carbonyl (C=O) groups is 1. The lowest BCUT2D eigenvalue weighted by Crippen LogP contribution is -2.37. The van der Waals surface area contributed by atoms with Gasteiger partial charge in [-0.2, -0.15) is 0 Å². The minimum absolute atomic E-state index is 0.0991. The molecule has 1 amide bonds. The van der Waals surface area contributed by atoms with Gasteiger partial charge in [0.25, 0.3) is 0 Å². The number of benzene rings is 1. The van der Waals surface area contributed by atoms with Crippen LogP contribution in [-0.4, -0.2) is 19.1 Å². The van der Waals surface area contributed by atoms with Crippen molar-refractivity contribution in [3.8, 4) is 5.75 Å². The van der Waals surface area contributed by atoms with Crippen LogP contribution in [0.25, 0.3) is 0 Å². The third-order valence-corrected chi connectivity index (χ3v) is 3.79. The van der Waals surface area contributed by atoms with Gasteiger partial charge < -0.3 is 10.1 Å². The summed E-state index contributed by atoms with van der Waals surface area (Å²) in [6, 6.07) is 8.25. The SMILES string of the molecule is CCC1NC(=O)CC1(C)c1ccc(OC)cc1. The van der Waals surface area contributed by atoms with Gasteiger partial charge in [-0.25, -0.2) is 0 Å². The molecule has 2 unspecified atom stereocenters. The molecule has 1 fully saturated rings. The van der Waals surface area contributed by atoms with E-state index in [0.29, 0.717) is 6.42 Å². The number of methoxy groups -OCH3 is 1. The highest BCUT2D eigenvalue weighted by Gasteiger charge is 2.43. The number of carbonyl (C=O) groups excluding carboxylic acids is 1. The first-order valence-corrected chi connectivity index (χ1v) is 6.04. The zero-order chi connectivity index (χ0) is 12.5.